The summed E-state index contributed by atoms with van der Waals surface area (Å²) < 4.78 is 0. The van der Waals surface area contributed by atoms with E-state index in [0.29, 0.717) is 18.5 Å². The molecule has 5 nitrogen and oxygen atoms in total. The summed E-state index contributed by atoms with van der Waals surface area (Å²) in [5, 5.41) is 6.97. The number of anilines is 1. The summed E-state index contributed by atoms with van der Waals surface area (Å²) in [6.07, 6.45) is 27.1. The van der Waals surface area contributed by atoms with Crippen molar-refractivity contribution in [3.63, 3.8) is 0 Å². The van der Waals surface area contributed by atoms with Gasteiger partial charge < -0.3 is 10.6 Å². The summed E-state index contributed by atoms with van der Waals surface area (Å²) in [6, 6.07) is 0.499. The summed E-state index contributed by atoms with van der Waals surface area (Å²) in [5.74, 6) is 1.72. The van der Waals surface area contributed by atoms with Crippen LogP contribution in [0.4, 0.5) is 5.95 Å². The third-order valence-electron chi connectivity index (χ3n) is 8.51. The zero-order chi connectivity index (χ0) is 23.4. The average Bonchev–Trinajstić information content (AvgIpc) is 3.22. The van der Waals surface area contributed by atoms with Crippen LogP contribution in [0, 0.1) is 5.92 Å². The number of hydrogen-bond donors (Lipinski definition) is 2. The maximum absolute atomic E-state index is 13.1. The first kappa shape index (κ1) is 25.4. The number of amides is 1. The fourth-order valence-electron chi connectivity index (χ4n) is 6.36. The molecule has 3 aliphatic rings. The summed E-state index contributed by atoms with van der Waals surface area (Å²) in [5.41, 5.74) is 2.33. The van der Waals surface area contributed by atoms with Gasteiger partial charge in [-0.3, -0.25) is 4.79 Å². The van der Waals surface area contributed by atoms with Crippen LogP contribution in [-0.2, 0) is 11.3 Å². The molecule has 0 radical (unpaired) electrons. The van der Waals surface area contributed by atoms with E-state index >= 15 is 0 Å². The van der Waals surface area contributed by atoms with E-state index in [1.165, 1.54) is 121 Å². The van der Waals surface area contributed by atoms with Crippen LogP contribution in [0.1, 0.15) is 146 Å². The van der Waals surface area contributed by atoms with E-state index in [4.69, 9.17) is 9.97 Å². The smallest absolute Gasteiger partial charge is 0.223 e. The predicted molar refractivity (Wildman–Crippen MR) is 140 cm³/mol. The van der Waals surface area contributed by atoms with Crippen LogP contribution in [-0.4, -0.2) is 21.9 Å². The van der Waals surface area contributed by atoms with Gasteiger partial charge in [-0.2, -0.15) is 0 Å². The van der Waals surface area contributed by atoms with Gasteiger partial charge in [0.05, 0.1) is 5.69 Å². The van der Waals surface area contributed by atoms with Crippen molar-refractivity contribution in [1.82, 2.24) is 15.3 Å². The number of rotatable bonds is 6. The molecule has 3 saturated carbocycles. The molecular weight excluding hydrogens is 420 g/mol. The number of carbonyl (C=O) groups excluding carboxylic acids is 1. The lowest BCUT2D eigenvalue weighted by molar-refractivity contribution is -0.125. The number of hydrogen-bond acceptors (Lipinski definition) is 4. The molecule has 2 N–H and O–H groups in total. The van der Waals surface area contributed by atoms with Crippen LogP contribution in [0.25, 0.3) is 0 Å². The Morgan fingerprint density at radius 1 is 0.735 bits per heavy atom. The van der Waals surface area contributed by atoms with Gasteiger partial charge in [-0.05, 0) is 38.5 Å². The molecule has 5 heteroatoms. The van der Waals surface area contributed by atoms with Gasteiger partial charge >= 0.3 is 0 Å². The van der Waals surface area contributed by atoms with Gasteiger partial charge in [0.2, 0.25) is 11.9 Å². The zero-order valence-corrected chi connectivity index (χ0v) is 21.5. The molecule has 0 spiro atoms. The fraction of sp³-hybridized carbons (Fsp3) is 0.828. The average molecular weight is 469 g/mol. The molecule has 4 rings (SSSR count). The molecular formula is C29H48N4O. The van der Waals surface area contributed by atoms with Crippen molar-refractivity contribution in [2.75, 3.05) is 5.32 Å². The lowest BCUT2D eigenvalue weighted by Gasteiger charge is -2.22. The van der Waals surface area contributed by atoms with Crippen LogP contribution in [0.5, 0.6) is 0 Å². The molecule has 190 valence electrons. The molecule has 3 aliphatic carbocycles. The Hall–Kier alpha value is -1.65. The topological polar surface area (TPSA) is 66.9 Å². The van der Waals surface area contributed by atoms with Crippen molar-refractivity contribution in [3.8, 4) is 0 Å². The van der Waals surface area contributed by atoms with Crippen LogP contribution < -0.4 is 10.6 Å². The summed E-state index contributed by atoms with van der Waals surface area (Å²) in [6.45, 7) is 0.574. The number of carbonyl (C=O) groups is 1. The second-order valence-corrected chi connectivity index (χ2v) is 11.2. The van der Waals surface area contributed by atoms with Crippen molar-refractivity contribution in [2.45, 2.75) is 147 Å². The van der Waals surface area contributed by atoms with E-state index in [2.05, 4.69) is 10.6 Å². The summed E-state index contributed by atoms with van der Waals surface area (Å²) in [4.78, 5) is 22.9. The van der Waals surface area contributed by atoms with Crippen molar-refractivity contribution < 1.29 is 4.79 Å². The minimum Gasteiger partial charge on any atom is -0.352 e. The van der Waals surface area contributed by atoms with E-state index < -0.39 is 0 Å². The molecule has 3 fully saturated rings. The highest BCUT2D eigenvalue weighted by Crippen LogP contribution is 2.33. The quantitative estimate of drug-likeness (QED) is 0.426. The SMILES string of the molecule is O=C(NCc1cnc(NC2CCCCCC2)nc1C1CCCCCC1)C1CCCCCCCC1. The maximum atomic E-state index is 13.1. The van der Waals surface area contributed by atoms with E-state index in [1.807, 2.05) is 6.20 Å². The molecule has 0 aliphatic heterocycles. The van der Waals surface area contributed by atoms with Gasteiger partial charge in [0.25, 0.3) is 0 Å². The number of nitrogens with one attached hydrogen (secondary N) is 2. The normalized spacial score (nSPS) is 22.6. The first-order valence-electron chi connectivity index (χ1n) is 14.7. The number of aromatic nitrogens is 2. The number of nitrogens with zero attached hydrogens (tertiary/aromatic N) is 2. The minimum atomic E-state index is 0.177. The molecule has 34 heavy (non-hydrogen) atoms. The lowest BCUT2D eigenvalue weighted by Crippen LogP contribution is -2.31. The predicted octanol–water partition coefficient (Wildman–Crippen LogP) is 7.42. The van der Waals surface area contributed by atoms with Gasteiger partial charge in [0.15, 0.2) is 0 Å². The highest BCUT2D eigenvalue weighted by Gasteiger charge is 2.23. The molecule has 0 bridgehead atoms. The van der Waals surface area contributed by atoms with E-state index in [1.54, 1.807) is 0 Å². The molecule has 1 aromatic rings. The monoisotopic (exact) mass is 468 g/mol. The van der Waals surface area contributed by atoms with Crippen LogP contribution in [0.15, 0.2) is 6.20 Å². The Labute approximate surface area is 207 Å². The van der Waals surface area contributed by atoms with E-state index in [9.17, 15) is 4.79 Å². The second kappa shape index (κ2) is 14.0. The first-order valence-corrected chi connectivity index (χ1v) is 14.7. The molecule has 0 aromatic carbocycles. The molecule has 0 unspecified atom stereocenters. The fourth-order valence-corrected chi connectivity index (χ4v) is 6.36. The Bertz CT molecular complexity index is 726. The van der Waals surface area contributed by atoms with Crippen LogP contribution in [0.2, 0.25) is 0 Å². The Morgan fingerprint density at radius 3 is 1.88 bits per heavy atom. The highest BCUT2D eigenvalue weighted by molar-refractivity contribution is 5.78. The Kier molecular flexibility index (Phi) is 10.5. The van der Waals surface area contributed by atoms with Crippen molar-refractivity contribution >= 4 is 11.9 Å². The second-order valence-electron chi connectivity index (χ2n) is 11.2. The summed E-state index contributed by atoms with van der Waals surface area (Å²) >= 11 is 0. The van der Waals surface area contributed by atoms with Gasteiger partial charge in [0.1, 0.15) is 0 Å². The lowest BCUT2D eigenvalue weighted by atomic mass is 9.93. The van der Waals surface area contributed by atoms with Crippen molar-refractivity contribution in [3.05, 3.63) is 17.5 Å². The van der Waals surface area contributed by atoms with E-state index in [0.717, 1.165) is 24.4 Å². The molecule has 0 atom stereocenters. The van der Waals surface area contributed by atoms with Gasteiger partial charge in [-0.15, -0.1) is 0 Å². The van der Waals surface area contributed by atoms with Crippen molar-refractivity contribution in [2.24, 2.45) is 5.92 Å². The minimum absolute atomic E-state index is 0.177. The molecule has 1 amide bonds. The zero-order valence-electron chi connectivity index (χ0n) is 21.5. The van der Waals surface area contributed by atoms with Crippen molar-refractivity contribution in [1.29, 1.82) is 0 Å². The molecule has 1 heterocycles. The van der Waals surface area contributed by atoms with Crippen LogP contribution in [0.3, 0.4) is 0 Å². The Balaban J connectivity index is 1.44. The Morgan fingerprint density at radius 2 is 1.26 bits per heavy atom. The first-order chi connectivity index (χ1) is 16.8. The molecule has 1 aromatic heterocycles. The summed E-state index contributed by atoms with van der Waals surface area (Å²) in [7, 11) is 0. The third-order valence-corrected chi connectivity index (χ3v) is 8.51. The highest BCUT2D eigenvalue weighted by atomic mass is 16.1. The van der Waals surface area contributed by atoms with Crippen LogP contribution >= 0.6 is 0 Å². The standard InChI is InChI=1S/C29H48N4O/c34-28(24-17-11-3-1-2-4-12-18-24)30-21-25-22-31-29(32-26-19-13-7-8-14-20-26)33-27(25)23-15-9-5-6-10-16-23/h22-24,26H,1-21H2,(H,30,34)(H,31,32,33). The third kappa shape index (κ3) is 7.95. The van der Waals surface area contributed by atoms with Gasteiger partial charge in [-0.25, -0.2) is 9.97 Å². The largest absolute Gasteiger partial charge is 0.352 e. The van der Waals surface area contributed by atoms with Gasteiger partial charge in [-0.1, -0.05) is 89.9 Å². The van der Waals surface area contributed by atoms with E-state index in [-0.39, 0.29) is 11.8 Å². The van der Waals surface area contributed by atoms with Gasteiger partial charge in [0, 0.05) is 36.2 Å². The maximum Gasteiger partial charge on any atom is 0.223 e. The molecule has 0 saturated heterocycles.